The minimum absolute atomic E-state index is 0.0377. The zero-order valence-corrected chi connectivity index (χ0v) is 16.9. The van der Waals surface area contributed by atoms with Crippen molar-refractivity contribution in [2.45, 2.75) is 4.58 Å². The van der Waals surface area contributed by atoms with Crippen LogP contribution in [0.15, 0.2) is 47.6 Å². The molecule has 0 aromatic heterocycles. The van der Waals surface area contributed by atoms with Crippen LogP contribution in [0.5, 0.6) is 5.75 Å². The highest BCUT2D eigenvalue weighted by Gasteiger charge is 2.18. The third-order valence-corrected chi connectivity index (χ3v) is 7.14. The molecule has 1 heterocycles. The van der Waals surface area contributed by atoms with Crippen molar-refractivity contribution in [2.75, 3.05) is 18.1 Å². The van der Waals surface area contributed by atoms with E-state index < -0.39 is 10.8 Å². The van der Waals surface area contributed by atoms with E-state index in [1.807, 2.05) is 47.8 Å². The Balaban J connectivity index is 1.47. The third kappa shape index (κ3) is 5.63. The van der Waals surface area contributed by atoms with Crippen molar-refractivity contribution in [1.82, 2.24) is 5.43 Å². The number of ether oxygens (including phenoxy) is 1. The second-order valence-corrected chi connectivity index (χ2v) is 8.82. The molecule has 3 rings (SSSR count). The van der Waals surface area contributed by atoms with Crippen LogP contribution in [0.4, 0.5) is 5.69 Å². The van der Waals surface area contributed by atoms with Crippen LogP contribution in [0.2, 0.25) is 5.02 Å². The van der Waals surface area contributed by atoms with Crippen molar-refractivity contribution in [3.05, 3.63) is 68.7 Å². The number of carbonyl (C=O) groups is 1. The summed E-state index contributed by atoms with van der Waals surface area (Å²) in [7, 11) is 0. The number of nitro groups is 1. The second-order valence-electron chi connectivity index (χ2n) is 5.69. The lowest BCUT2D eigenvalue weighted by Gasteiger charge is -2.10. The fourth-order valence-corrected chi connectivity index (χ4v) is 5.43. The smallest absolute Gasteiger partial charge is 0.288 e. The monoisotopic (exact) mass is 437 g/mol. The fourth-order valence-electron chi connectivity index (χ4n) is 2.38. The summed E-state index contributed by atoms with van der Waals surface area (Å²) in [5.74, 6) is 2.49. The van der Waals surface area contributed by atoms with Gasteiger partial charge < -0.3 is 4.74 Å². The molecular formula is C18H16ClN3O4S2. The molecule has 0 aliphatic carbocycles. The quantitative estimate of drug-likeness (QED) is 0.395. The molecular weight excluding hydrogens is 422 g/mol. The number of nitrogens with one attached hydrogen (secondary N) is 1. The van der Waals surface area contributed by atoms with E-state index in [0.717, 1.165) is 11.5 Å². The SMILES string of the molecule is O=C(COc1ccc(C2SCCS2)cc1)N/N=C\c1ccc(Cl)c([N+](=O)[O-])c1. The number of hydrogen-bond acceptors (Lipinski definition) is 7. The van der Waals surface area contributed by atoms with Crippen molar-refractivity contribution in [2.24, 2.45) is 5.10 Å². The van der Waals surface area contributed by atoms with Gasteiger partial charge in [0.25, 0.3) is 11.6 Å². The number of thioether (sulfide) groups is 2. The number of hydrogen-bond donors (Lipinski definition) is 1. The van der Waals surface area contributed by atoms with Crippen LogP contribution in [-0.2, 0) is 4.79 Å². The van der Waals surface area contributed by atoms with E-state index in [-0.39, 0.29) is 17.3 Å². The predicted octanol–water partition coefficient (Wildman–Crippen LogP) is 4.26. The Morgan fingerprint density at radius 2 is 2.00 bits per heavy atom. The highest BCUT2D eigenvalue weighted by Crippen LogP contribution is 2.45. The number of rotatable bonds is 7. The highest BCUT2D eigenvalue weighted by atomic mass is 35.5. The Morgan fingerprint density at radius 3 is 2.68 bits per heavy atom. The van der Waals surface area contributed by atoms with Gasteiger partial charge in [-0.05, 0) is 23.8 Å². The summed E-state index contributed by atoms with van der Waals surface area (Å²) in [5, 5.41) is 14.7. The zero-order chi connectivity index (χ0) is 19.9. The Labute approximate surface area is 175 Å². The number of nitrogens with zero attached hydrogens (tertiary/aromatic N) is 2. The van der Waals surface area contributed by atoms with Gasteiger partial charge in [0, 0.05) is 23.1 Å². The molecule has 2 aromatic rings. The third-order valence-electron chi connectivity index (χ3n) is 3.71. The number of nitro benzene ring substituents is 1. The van der Waals surface area contributed by atoms with Crippen molar-refractivity contribution in [1.29, 1.82) is 0 Å². The first kappa shape index (κ1) is 20.5. The number of halogens is 1. The van der Waals surface area contributed by atoms with Gasteiger partial charge in [-0.25, -0.2) is 5.43 Å². The molecule has 0 spiro atoms. The van der Waals surface area contributed by atoms with E-state index in [9.17, 15) is 14.9 Å². The number of benzene rings is 2. The molecule has 7 nitrogen and oxygen atoms in total. The van der Waals surface area contributed by atoms with Crippen molar-refractivity contribution >= 4 is 52.9 Å². The van der Waals surface area contributed by atoms with E-state index in [1.165, 1.54) is 23.9 Å². The van der Waals surface area contributed by atoms with Crippen LogP contribution in [0.1, 0.15) is 15.7 Å². The number of hydrazone groups is 1. The van der Waals surface area contributed by atoms with E-state index in [1.54, 1.807) is 6.07 Å². The zero-order valence-electron chi connectivity index (χ0n) is 14.5. The molecule has 1 aliphatic heterocycles. The molecule has 10 heteroatoms. The Hall–Kier alpha value is -2.23. The van der Waals surface area contributed by atoms with Crippen LogP contribution in [0.25, 0.3) is 0 Å². The van der Waals surface area contributed by atoms with Crippen molar-refractivity contribution in [3.8, 4) is 5.75 Å². The van der Waals surface area contributed by atoms with Gasteiger partial charge >= 0.3 is 0 Å². The molecule has 1 amide bonds. The van der Waals surface area contributed by atoms with Crippen molar-refractivity contribution in [3.63, 3.8) is 0 Å². The lowest BCUT2D eigenvalue weighted by atomic mass is 10.2. The predicted molar refractivity (Wildman–Crippen MR) is 113 cm³/mol. The standard InChI is InChI=1S/C18H16ClN3O4S2/c19-15-6-1-12(9-16(15)22(24)25)10-20-21-17(23)11-26-14-4-2-13(3-5-14)18-27-7-8-28-18/h1-6,9-10,18H,7-8,11H2,(H,21,23)/b20-10-. The molecule has 1 N–H and O–H groups in total. The average Bonchev–Trinajstić information content (AvgIpc) is 3.22. The molecule has 0 radical (unpaired) electrons. The molecule has 1 fully saturated rings. The molecule has 0 bridgehead atoms. The van der Waals surface area contributed by atoms with Crippen LogP contribution >= 0.6 is 35.1 Å². The maximum Gasteiger partial charge on any atom is 0.288 e. The van der Waals surface area contributed by atoms with E-state index >= 15 is 0 Å². The van der Waals surface area contributed by atoms with Gasteiger partial charge in [0.1, 0.15) is 10.8 Å². The van der Waals surface area contributed by atoms with Gasteiger partial charge in [0.2, 0.25) is 0 Å². The van der Waals surface area contributed by atoms with Gasteiger partial charge in [0.05, 0.1) is 15.7 Å². The largest absolute Gasteiger partial charge is 0.484 e. The Bertz CT molecular complexity index is 887. The van der Waals surface area contributed by atoms with E-state index in [4.69, 9.17) is 16.3 Å². The molecule has 0 saturated carbocycles. The van der Waals surface area contributed by atoms with Crippen molar-refractivity contribution < 1.29 is 14.5 Å². The maximum absolute atomic E-state index is 11.8. The molecule has 0 atom stereocenters. The summed E-state index contributed by atoms with van der Waals surface area (Å²) in [6, 6.07) is 11.9. The first-order valence-corrected chi connectivity index (χ1v) is 10.7. The van der Waals surface area contributed by atoms with Gasteiger partial charge in [-0.3, -0.25) is 14.9 Å². The minimum atomic E-state index is -0.582. The van der Waals surface area contributed by atoms with E-state index in [0.29, 0.717) is 15.9 Å². The lowest BCUT2D eigenvalue weighted by Crippen LogP contribution is -2.24. The second kappa shape index (κ2) is 9.81. The van der Waals surface area contributed by atoms with Crippen LogP contribution in [-0.4, -0.2) is 35.2 Å². The first-order chi connectivity index (χ1) is 13.5. The summed E-state index contributed by atoms with van der Waals surface area (Å²) in [6.07, 6.45) is 1.30. The molecule has 28 heavy (non-hydrogen) atoms. The molecule has 1 aliphatic rings. The van der Waals surface area contributed by atoms with Gasteiger partial charge in [-0.2, -0.15) is 5.10 Å². The molecule has 146 valence electrons. The summed E-state index contributed by atoms with van der Waals surface area (Å²) < 4.78 is 5.92. The number of amides is 1. The molecule has 2 aromatic carbocycles. The highest BCUT2D eigenvalue weighted by molar-refractivity contribution is 8.19. The van der Waals surface area contributed by atoms with Gasteiger partial charge in [-0.1, -0.05) is 29.8 Å². The Kier molecular flexibility index (Phi) is 7.18. The van der Waals surface area contributed by atoms with E-state index in [2.05, 4.69) is 10.5 Å². The average molecular weight is 438 g/mol. The minimum Gasteiger partial charge on any atom is -0.484 e. The Morgan fingerprint density at radius 1 is 1.29 bits per heavy atom. The molecule has 0 unspecified atom stereocenters. The van der Waals surface area contributed by atoms with Crippen LogP contribution in [0, 0.1) is 10.1 Å². The fraction of sp³-hybridized carbons (Fsp3) is 0.222. The normalized spacial score (nSPS) is 14.3. The first-order valence-electron chi connectivity index (χ1n) is 8.25. The molecule has 1 saturated heterocycles. The summed E-state index contributed by atoms with van der Waals surface area (Å²) in [5.41, 5.74) is 3.77. The topological polar surface area (TPSA) is 93.8 Å². The summed E-state index contributed by atoms with van der Waals surface area (Å²) in [6.45, 7) is -0.190. The lowest BCUT2D eigenvalue weighted by molar-refractivity contribution is -0.384. The maximum atomic E-state index is 11.8. The van der Waals surface area contributed by atoms with Crippen LogP contribution in [0.3, 0.4) is 0 Å². The summed E-state index contributed by atoms with van der Waals surface area (Å²) in [4.78, 5) is 22.1. The number of carbonyl (C=O) groups excluding carboxylic acids is 1. The van der Waals surface area contributed by atoms with Crippen LogP contribution < -0.4 is 10.2 Å². The van der Waals surface area contributed by atoms with Gasteiger partial charge in [-0.15, -0.1) is 23.5 Å². The summed E-state index contributed by atoms with van der Waals surface area (Å²) >= 11 is 9.60. The van der Waals surface area contributed by atoms with Gasteiger partial charge in [0.15, 0.2) is 6.61 Å².